The third-order valence-corrected chi connectivity index (χ3v) is 10.8. The highest BCUT2D eigenvalue weighted by atomic mass is 32.2. The first-order valence-corrected chi connectivity index (χ1v) is 17.1. The van der Waals surface area contributed by atoms with E-state index < -0.39 is 16.1 Å². The van der Waals surface area contributed by atoms with Gasteiger partial charge in [-0.3, -0.25) is 9.59 Å². The number of rotatable bonds is 13. The summed E-state index contributed by atoms with van der Waals surface area (Å²) in [6, 6.07) is 8.00. The maximum absolute atomic E-state index is 14.0. The molecule has 1 aromatic carbocycles. The number of ketones is 1. The number of benzene rings is 1. The van der Waals surface area contributed by atoms with Crippen molar-refractivity contribution in [3.05, 3.63) is 35.7 Å². The molecule has 3 heterocycles. The molecule has 2 aliphatic rings. The first-order valence-electron chi connectivity index (χ1n) is 14.8. The van der Waals surface area contributed by atoms with Gasteiger partial charge in [0.2, 0.25) is 15.9 Å². The fraction of sp³-hybridized carbons (Fsp3) is 0.600. The lowest BCUT2D eigenvalue weighted by Gasteiger charge is -2.33. The van der Waals surface area contributed by atoms with Gasteiger partial charge in [-0.15, -0.1) is 11.3 Å². The number of thiophene rings is 1. The molecule has 0 radical (unpaired) electrons. The van der Waals surface area contributed by atoms with Crippen LogP contribution in [0.25, 0.3) is 10.4 Å². The van der Waals surface area contributed by atoms with Crippen molar-refractivity contribution in [3.8, 4) is 10.4 Å². The van der Waals surface area contributed by atoms with E-state index in [0.717, 1.165) is 63.0 Å². The predicted molar refractivity (Wildman–Crippen MR) is 162 cm³/mol. The Morgan fingerprint density at radius 3 is 2.52 bits per heavy atom. The smallest absolute Gasteiger partial charge is 0.243 e. The minimum absolute atomic E-state index is 0.00911. The van der Waals surface area contributed by atoms with Crippen molar-refractivity contribution in [3.63, 3.8) is 0 Å². The van der Waals surface area contributed by atoms with E-state index in [1.54, 1.807) is 13.0 Å². The average molecular weight is 589 g/mol. The van der Waals surface area contributed by atoms with Crippen molar-refractivity contribution in [1.82, 2.24) is 15.4 Å². The van der Waals surface area contributed by atoms with E-state index >= 15 is 0 Å². The van der Waals surface area contributed by atoms with E-state index in [9.17, 15) is 18.0 Å². The summed E-state index contributed by atoms with van der Waals surface area (Å²) in [5.41, 5.74) is 0.909. The van der Waals surface area contributed by atoms with Gasteiger partial charge >= 0.3 is 0 Å². The zero-order chi connectivity index (χ0) is 28.5. The molecule has 4 N–H and O–H groups in total. The van der Waals surface area contributed by atoms with Gasteiger partial charge in [-0.1, -0.05) is 51.3 Å². The van der Waals surface area contributed by atoms with Crippen LogP contribution in [-0.2, 0) is 19.6 Å². The quantitative estimate of drug-likeness (QED) is 0.268. The van der Waals surface area contributed by atoms with Gasteiger partial charge in [0.25, 0.3) is 0 Å². The molecule has 0 unspecified atom stereocenters. The van der Waals surface area contributed by atoms with Crippen molar-refractivity contribution >= 4 is 38.7 Å². The van der Waals surface area contributed by atoms with Crippen molar-refractivity contribution in [2.45, 2.75) is 76.2 Å². The molecule has 2 saturated heterocycles. The molecule has 0 spiro atoms. The Kier molecular flexibility index (Phi) is 11.3. The van der Waals surface area contributed by atoms with E-state index in [1.165, 1.54) is 17.4 Å². The van der Waals surface area contributed by atoms with E-state index in [2.05, 4.69) is 27.6 Å². The molecule has 4 rings (SSSR count). The fourth-order valence-corrected chi connectivity index (χ4v) is 8.21. The van der Waals surface area contributed by atoms with Crippen LogP contribution in [0.3, 0.4) is 0 Å². The van der Waals surface area contributed by atoms with Gasteiger partial charge in [0.15, 0.2) is 5.78 Å². The number of piperidine rings is 2. The number of anilines is 1. The molecule has 220 valence electrons. The molecule has 2 aromatic rings. The van der Waals surface area contributed by atoms with Crippen LogP contribution in [0.4, 0.5) is 5.69 Å². The highest BCUT2D eigenvalue weighted by molar-refractivity contribution is 7.89. The molecular formula is C30H44N4O4S2. The fourth-order valence-electron chi connectivity index (χ4n) is 6.03. The molecule has 10 heteroatoms. The summed E-state index contributed by atoms with van der Waals surface area (Å²) < 4.78 is 30.9. The van der Waals surface area contributed by atoms with Crippen LogP contribution in [0, 0.1) is 17.8 Å². The van der Waals surface area contributed by atoms with Crippen LogP contribution in [0.1, 0.15) is 65.2 Å². The normalized spacial score (nSPS) is 21.1. The van der Waals surface area contributed by atoms with Gasteiger partial charge in [-0.2, -0.15) is 0 Å². The first-order chi connectivity index (χ1) is 19.3. The highest BCUT2D eigenvalue weighted by Gasteiger charge is 2.36. The Bertz CT molecular complexity index is 1230. The molecule has 2 fully saturated rings. The molecule has 2 aliphatic heterocycles. The molecular weight excluding hydrogens is 544 g/mol. The minimum Gasteiger partial charge on any atom is -0.324 e. The summed E-state index contributed by atoms with van der Waals surface area (Å²) in [7, 11) is -4.13. The summed E-state index contributed by atoms with van der Waals surface area (Å²) in [6.07, 6.45) is 6.50. The van der Waals surface area contributed by atoms with Crippen LogP contribution in [-0.4, -0.2) is 52.3 Å². The lowest BCUT2D eigenvalue weighted by atomic mass is 9.79. The second kappa shape index (κ2) is 14.7. The van der Waals surface area contributed by atoms with Crippen molar-refractivity contribution < 1.29 is 18.0 Å². The van der Waals surface area contributed by atoms with Gasteiger partial charge < -0.3 is 16.0 Å². The third-order valence-electron chi connectivity index (χ3n) is 8.41. The van der Waals surface area contributed by atoms with Gasteiger partial charge in [-0.25, -0.2) is 13.1 Å². The number of carbonyl (C=O) groups is 2. The van der Waals surface area contributed by atoms with Crippen LogP contribution in [0.15, 0.2) is 40.6 Å². The molecule has 0 bridgehead atoms. The Labute approximate surface area is 243 Å². The summed E-state index contributed by atoms with van der Waals surface area (Å²) >= 11 is 1.48. The second-order valence-electron chi connectivity index (χ2n) is 11.0. The lowest BCUT2D eigenvalue weighted by molar-refractivity contribution is -0.127. The number of sulfonamides is 1. The van der Waals surface area contributed by atoms with Crippen molar-refractivity contribution in [2.24, 2.45) is 17.8 Å². The first kappa shape index (κ1) is 30.8. The number of hydrogen-bond donors (Lipinski definition) is 4. The Balaban J connectivity index is 1.63. The summed E-state index contributed by atoms with van der Waals surface area (Å²) in [6.45, 7) is 7.32. The molecule has 3 atom stereocenters. The lowest BCUT2D eigenvalue weighted by Crippen LogP contribution is -2.50. The number of Topliss-reactive ketones (excluding diaryl/α,β-unsaturated/α-hetero) is 1. The Morgan fingerprint density at radius 1 is 1.05 bits per heavy atom. The van der Waals surface area contributed by atoms with Crippen LogP contribution < -0.4 is 20.7 Å². The van der Waals surface area contributed by atoms with Gasteiger partial charge in [0.05, 0.1) is 11.7 Å². The van der Waals surface area contributed by atoms with Crippen molar-refractivity contribution in [2.75, 3.05) is 31.5 Å². The summed E-state index contributed by atoms with van der Waals surface area (Å²) in [4.78, 5) is 27.3. The number of hydrogen-bond acceptors (Lipinski definition) is 7. The third kappa shape index (κ3) is 7.79. The molecule has 1 amide bonds. The van der Waals surface area contributed by atoms with E-state index in [4.69, 9.17) is 0 Å². The Morgan fingerprint density at radius 2 is 1.82 bits per heavy atom. The van der Waals surface area contributed by atoms with E-state index in [0.29, 0.717) is 24.4 Å². The standard InChI is InChI=1S/C30H44N4O4S2/c1-3-22-15-18-32-20-24(22)30(36)25(10-5-8-21-13-16-31-17-14-21)34-40(37,38)27-12-6-9-23(26-11-7-19-39-26)29(27)33-28(35)4-2/h6-7,9,11-12,19,21-22,24-25,31-32,34H,3-5,8,10,13-18,20H2,1-2H3,(H,33,35)/t22-,24+,25-/m0/s1. The highest BCUT2D eigenvalue weighted by Crippen LogP contribution is 2.37. The van der Waals surface area contributed by atoms with Crippen LogP contribution >= 0.6 is 11.3 Å². The molecule has 1 aromatic heterocycles. The van der Waals surface area contributed by atoms with E-state index in [1.807, 2.05) is 23.6 Å². The van der Waals surface area contributed by atoms with Crippen molar-refractivity contribution in [1.29, 1.82) is 0 Å². The predicted octanol–water partition coefficient (Wildman–Crippen LogP) is 4.79. The van der Waals surface area contributed by atoms with Gasteiger partial charge in [-0.05, 0) is 74.7 Å². The molecule has 0 saturated carbocycles. The second-order valence-corrected chi connectivity index (χ2v) is 13.7. The van der Waals surface area contributed by atoms with Crippen LogP contribution in [0.5, 0.6) is 0 Å². The molecule has 40 heavy (non-hydrogen) atoms. The summed E-state index contributed by atoms with van der Waals surface area (Å²) in [5.74, 6) is 0.330. The zero-order valence-corrected chi connectivity index (χ0v) is 25.3. The Hall–Kier alpha value is -2.11. The number of nitrogens with one attached hydrogen (secondary N) is 4. The molecule has 8 nitrogen and oxygen atoms in total. The molecule has 0 aliphatic carbocycles. The van der Waals surface area contributed by atoms with E-state index in [-0.39, 0.29) is 40.5 Å². The topological polar surface area (TPSA) is 116 Å². The van der Waals surface area contributed by atoms with Gasteiger partial charge in [0.1, 0.15) is 4.90 Å². The number of amides is 1. The van der Waals surface area contributed by atoms with Gasteiger partial charge in [0, 0.05) is 29.3 Å². The number of carbonyl (C=O) groups excluding carboxylic acids is 2. The SMILES string of the molecule is CCC(=O)Nc1c(-c2cccs2)cccc1S(=O)(=O)N[C@@H](CCCC1CCNCC1)C(=O)[C@@H]1CNCC[C@@H]1CC. The number of para-hydroxylation sites is 1. The van der Waals surface area contributed by atoms with Crippen LogP contribution in [0.2, 0.25) is 0 Å². The maximum Gasteiger partial charge on any atom is 0.243 e. The zero-order valence-electron chi connectivity index (χ0n) is 23.7. The minimum atomic E-state index is -4.13. The maximum atomic E-state index is 14.0. The summed E-state index contributed by atoms with van der Waals surface area (Å²) in [5, 5.41) is 11.5. The monoisotopic (exact) mass is 588 g/mol. The average Bonchev–Trinajstić information content (AvgIpc) is 3.51. The largest absolute Gasteiger partial charge is 0.324 e.